The van der Waals surface area contributed by atoms with Gasteiger partial charge in [-0.3, -0.25) is 0 Å². The number of rotatable bonds is 5. The van der Waals surface area contributed by atoms with Gasteiger partial charge in [-0.15, -0.1) is 0 Å². The number of aryl methyl sites for hydroxylation is 1. The first-order valence-electron chi connectivity index (χ1n) is 10.00. The Morgan fingerprint density at radius 2 is 1.97 bits per heavy atom. The molecule has 0 saturated carbocycles. The van der Waals surface area contributed by atoms with Gasteiger partial charge in [0.1, 0.15) is 12.4 Å². The van der Waals surface area contributed by atoms with Crippen molar-refractivity contribution >= 4 is 23.1 Å². The van der Waals surface area contributed by atoms with E-state index in [0.717, 1.165) is 40.9 Å². The molecule has 1 N–H and O–H groups in total. The quantitative estimate of drug-likeness (QED) is 0.523. The van der Waals surface area contributed by atoms with Gasteiger partial charge in [-0.1, -0.05) is 18.2 Å². The fraction of sp³-hybridized carbons (Fsp3) is 0.174. The molecule has 0 bridgehead atoms. The van der Waals surface area contributed by atoms with Crippen LogP contribution in [0.3, 0.4) is 0 Å². The highest BCUT2D eigenvalue weighted by Crippen LogP contribution is 2.35. The van der Waals surface area contributed by atoms with Crippen molar-refractivity contribution in [2.75, 3.05) is 30.5 Å². The van der Waals surface area contributed by atoms with Crippen molar-refractivity contribution in [2.45, 2.75) is 6.92 Å². The van der Waals surface area contributed by atoms with E-state index in [0.29, 0.717) is 18.3 Å². The minimum Gasteiger partial charge on any atom is -0.494 e. The summed E-state index contributed by atoms with van der Waals surface area (Å²) in [6.07, 6.45) is 5.43. The fourth-order valence-corrected chi connectivity index (χ4v) is 3.58. The van der Waals surface area contributed by atoms with Gasteiger partial charge >= 0.3 is 0 Å². The second kappa shape index (κ2) is 7.98. The zero-order valence-corrected chi connectivity index (χ0v) is 17.3. The van der Waals surface area contributed by atoms with E-state index in [-0.39, 0.29) is 0 Å². The molecule has 1 aliphatic rings. The van der Waals surface area contributed by atoms with Crippen LogP contribution in [0.2, 0.25) is 0 Å². The zero-order valence-electron chi connectivity index (χ0n) is 17.3. The maximum atomic E-state index is 5.76. The van der Waals surface area contributed by atoms with Crippen LogP contribution in [0.15, 0.2) is 67.3 Å². The van der Waals surface area contributed by atoms with Crippen LogP contribution in [0.25, 0.3) is 5.69 Å². The minimum absolute atomic E-state index is 0.485. The van der Waals surface area contributed by atoms with Crippen molar-refractivity contribution in [3.63, 3.8) is 0 Å². The van der Waals surface area contributed by atoms with Crippen molar-refractivity contribution in [1.82, 2.24) is 19.5 Å². The zero-order chi connectivity index (χ0) is 21.2. The Labute approximate surface area is 180 Å². The monoisotopic (exact) mass is 414 g/mol. The molecule has 156 valence electrons. The number of hydrogen-bond acceptors (Lipinski definition) is 7. The Morgan fingerprint density at radius 1 is 1.10 bits per heavy atom. The molecule has 0 saturated heterocycles. The van der Waals surface area contributed by atoms with E-state index in [4.69, 9.17) is 14.5 Å². The van der Waals surface area contributed by atoms with Gasteiger partial charge in [0.15, 0.2) is 11.6 Å². The minimum atomic E-state index is 0.485. The lowest BCUT2D eigenvalue weighted by Gasteiger charge is -2.30. The number of nitrogens with one attached hydrogen (secondary N) is 1. The number of anilines is 4. The topological polar surface area (TPSA) is 77.3 Å². The number of methoxy groups -OCH3 is 1. The van der Waals surface area contributed by atoms with Crippen molar-refractivity contribution in [3.05, 3.63) is 72.9 Å². The lowest BCUT2D eigenvalue weighted by atomic mass is 10.2. The maximum Gasteiger partial charge on any atom is 0.229 e. The Balaban J connectivity index is 1.44. The number of ether oxygens (including phenoxy) is 2. The predicted octanol–water partition coefficient (Wildman–Crippen LogP) is 4.25. The van der Waals surface area contributed by atoms with Crippen LogP contribution in [0.4, 0.5) is 23.1 Å². The molecule has 31 heavy (non-hydrogen) atoms. The smallest absolute Gasteiger partial charge is 0.229 e. The molecule has 2 aromatic heterocycles. The average molecular weight is 414 g/mol. The van der Waals surface area contributed by atoms with Gasteiger partial charge in [-0.25, -0.2) is 9.97 Å². The number of imidazole rings is 1. The molecule has 1 aliphatic heterocycles. The second-order valence-electron chi connectivity index (χ2n) is 7.15. The molecule has 0 aliphatic carbocycles. The summed E-state index contributed by atoms with van der Waals surface area (Å²) >= 11 is 0. The van der Waals surface area contributed by atoms with E-state index in [9.17, 15) is 0 Å². The maximum absolute atomic E-state index is 5.76. The van der Waals surface area contributed by atoms with Crippen LogP contribution in [-0.2, 0) is 0 Å². The molecule has 0 atom stereocenters. The lowest BCUT2D eigenvalue weighted by Crippen LogP contribution is -2.29. The van der Waals surface area contributed by atoms with Crippen LogP contribution >= 0.6 is 0 Å². The van der Waals surface area contributed by atoms with Crippen LogP contribution in [0.5, 0.6) is 11.5 Å². The first-order valence-corrected chi connectivity index (χ1v) is 10.00. The fourth-order valence-electron chi connectivity index (χ4n) is 3.58. The van der Waals surface area contributed by atoms with Gasteiger partial charge in [-0.2, -0.15) is 4.98 Å². The highest BCUT2D eigenvalue weighted by Gasteiger charge is 2.22. The van der Waals surface area contributed by atoms with Gasteiger partial charge in [-0.05, 0) is 31.2 Å². The van der Waals surface area contributed by atoms with E-state index < -0.39 is 0 Å². The number of fused-ring (bicyclic) bond motifs is 1. The number of aromatic nitrogens is 4. The Morgan fingerprint density at radius 3 is 2.74 bits per heavy atom. The standard InChI is InChI=1S/C23H22N6O2/c1-16-14-28(15-25-16)19-9-8-17(12-20(19)30-2)26-23-24-13-21-22(27-23)29(10-11-31-21)18-6-4-3-5-7-18/h3-9,12-15H,10-11H2,1-2H3,(H,24,26,27). The summed E-state index contributed by atoms with van der Waals surface area (Å²) in [4.78, 5) is 15.6. The Hall–Kier alpha value is -4.07. The van der Waals surface area contributed by atoms with E-state index in [1.54, 1.807) is 19.6 Å². The van der Waals surface area contributed by atoms with E-state index in [1.165, 1.54) is 0 Å². The first kappa shape index (κ1) is 18.9. The first-order chi connectivity index (χ1) is 15.2. The van der Waals surface area contributed by atoms with Crippen LogP contribution in [0, 0.1) is 6.92 Å². The second-order valence-corrected chi connectivity index (χ2v) is 7.15. The number of para-hydroxylation sites is 1. The number of benzene rings is 2. The summed E-state index contributed by atoms with van der Waals surface area (Å²) in [6, 6.07) is 16.0. The van der Waals surface area contributed by atoms with E-state index >= 15 is 0 Å². The number of nitrogens with zero attached hydrogens (tertiary/aromatic N) is 5. The van der Waals surface area contributed by atoms with Crippen molar-refractivity contribution in [2.24, 2.45) is 0 Å². The Bertz CT molecular complexity index is 1210. The summed E-state index contributed by atoms with van der Waals surface area (Å²) in [5.41, 5.74) is 3.74. The SMILES string of the molecule is COc1cc(Nc2ncc3c(n2)N(c2ccccc2)CCO3)ccc1-n1cnc(C)c1. The molecule has 3 heterocycles. The largest absolute Gasteiger partial charge is 0.494 e. The molecule has 8 nitrogen and oxygen atoms in total. The molecular weight excluding hydrogens is 392 g/mol. The molecule has 0 fully saturated rings. The summed E-state index contributed by atoms with van der Waals surface area (Å²) in [5.74, 6) is 2.62. The highest BCUT2D eigenvalue weighted by atomic mass is 16.5. The number of hydrogen-bond donors (Lipinski definition) is 1. The van der Waals surface area contributed by atoms with Crippen LogP contribution in [-0.4, -0.2) is 39.8 Å². The molecule has 0 amide bonds. The van der Waals surface area contributed by atoms with Gasteiger partial charge < -0.3 is 24.3 Å². The molecule has 4 aromatic rings. The third-order valence-corrected chi connectivity index (χ3v) is 5.06. The third kappa shape index (κ3) is 3.75. The third-order valence-electron chi connectivity index (χ3n) is 5.06. The normalized spacial score (nSPS) is 12.8. The molecule has 2 aromatic carbocycles. The van der Waals surface area contributed by atoms with E-state index in [2.05, 4.69) is 32.3 Å². The van der Waals surface area contributed by atoms with Crippen LogP contribution < -0.4 is 19.7 Å². The van der Waals surface area contributed by atoms with Gasteiger partial charge in [0.2, 0.25) is 5.95 Å². The summed E-state index contributed by atoms with van der Waals surface area (Å²) in [7, 11) is 1.65. The summed E-state index contributed by atoms with van der Waals surface area (Å²) in [5, 5.41) is 3.28. The summed E-state index contributed by atoms with van der Waals surface area (Å²) in [6.45, 7) is 3.26. The van der Waals surface area contributed by atoms with Crippen molar-refractivity contribution in [3.8, 4) is 17.2 Å². The van der Waals surface area contributed by atoms with Gasteiger partial charge in [0.05, 0.1) is 37.6 Å². The molecule has 0 radical (unpaired) electrons. The Kier molecular flexibility index (Phi) is 4.87. The van der Waals surface area contributed by atoms with Crippen LogP contribution in [0.1, 0.15) is 5.69 Å². The van der Waals surface area contributed by atoms with Gasteiger partial charge in [0.25, 0.3) is 0 Å². The highest BCUT2D eigenvalue weighted by molar-refractivity contribution is 5.69. The summed E-state index contributed by atoms with van der Waals surface area (Å²) < 4.78 is 13.3. The lowest BCUT2D eigenvalue weighted by molar-refractivity contribution is 0.310. The van der Waals surface area contributed by atoms with Gasteiger partial charge in [0, 0.05) is 23.6 Å². The molecule has 5 rings (SSSR count). The molecule has 0 unspecified atom stereocenters. The average Bonchev–Trinajstić information content (AvgIpc) is 3.25. The molecule has 8 heteroatoms. The molecule has 0 spiro atoms. The molecular formula is C23H22N6O2. The van der Waals surface area contributed by atoms with Crippen molar-refractivity contribution < 1.29 is 9.47 Å². The van der Waals surface area contributed by atoms with E-state index in [1.807, 2.05) is 54.1 Å². The predicted molar refractivity (Wildman–Crippen MR) is 119 cm³/mol. The van der Waals surface area contributed by atoms with Crippen molar-refractivity contribution in [1.29, 1.82) is 0 Å².